The standard InChI is InChI=1S/C30H28I2N4O3/c1-19-11-13-22(14-12-19)34-27(37)18-39-28-24(31)15-20(16-25(28)32)17-33-36-29(21-7-3-2-4-8-21)35-26-10-6-5-9-23(26)30(36)38/h5-6,9-17,21H,2-4,7-8,18H2,1H3,(H,34,37). The Morgan fingerprint density at radius 1 is 1.08 bits per heavy atom. The molecule has 5 rings (SSSR count). The van der Waals surface area contributed by atoms with Crippen LogP contribution in [0, 0.1) is 14.1 Å². The molecule has 1 aliphatic rings. The molecule has 0 saturated heterocycles. The third-order valence-electron chi connectivity index (χ3n) is 6.77. The summed E-state index contributed by atoms with van der Waals surface area (Å²) in [4.78, 5) is 30.7. The second-order valence-corrected chi connectivity index (χ2v) is 12.0. The fourth-order valence-electron chi connectivity index (χ4n) is 4.77. The summed E-state index contributed by atoms with van der Waals surface area (Å²) in [5.74, 6) is 1.36. The molecule has 1 saturated carbocycles. The lowest BCUT2D eigenvalue weighted by molar-refractivity contribution is -0.118. The van der Waals surface area contributed by atoms with Crippen LogP contribution in [0.4, 0.5) is 5.69 Å². The van der Waals surface area contributed by atoms with E-state index in [4.69, 9.17) is 9.72 Å². The molecule has 0 radical (unpaired) electrons. The molecule has 1 fully saturated rings. The lowest BCUT2D eigenvalue weighted by Gasteiger charge is -2.22. The highest BCUT2D eigenvalue weighted by Gasteiger charge is 2.22. The van der Waals surface area contributed by atoms with E-state index in [2.05, 4.69) is 55.6 Å². The lowest BCUT2D eigenvalue weighted by atomic mass is 9.88. The Labute approximate surface area is 254 Å². The van der Waals surface area contributed by atoms with Crippen molar-refractivity contribution in [3.05, 3.63) is 95.1 Å². The van der Waals surface area contributed by atoms with Gasteiger partial charge in [0, 0.05) is 11.6 Å². The minimum atomic E-state index is -0.227. The third kappa shape index (κ3) is 6.68. The van der Waals surface area contributed by atoms with E-state index < -0.39 is 0 Å². The zero-order chi connectivity index (χ0) is 27.4. The van der Waals surface area contributed by atoms with E-state index in [1.165, 1.54) is 11.1 Å². The highest BCUT2D eigenvalue weighted by Crippen LogP contribution is 2.32. The Morgan fingerprint density at radius 3 is 2.49 bits per heavy atom. The van der Waals surface area contributed by atoms with Gasteiger partial charge in [0.1, 0.15) is 11.6 Å². The van der Waals surface area contributed by atoms with Crippen LogP contribution in [0.25, 0.3) is 10.9 Å². The maximum atomic E-state index is 13.4. The summed E-state index contributed by atoms with van der Waals surface area (Å²) in [7, 11) is 0. The number of benzene rings is 3. The first-order valence-electron chi connectivity index (χ1n) is 12.9. The number of aryl methyl sites for hydroxylation is 1. The first-order valence-corrected chi connectivity index (χ1v) is 15.1. The molecule has 0 atom stereocenters. The summed E-state index contributed by atoms with van der Waals surface area (Å²) < 4.78 is 9.05. The molecule has 0 unspecified atom stereocenters. The molecular weight excluding hydrogens is 718 g/mol. The summed E-state index contributed by atoms with van der Waals surface area (Å²) in [6, 6.07) is 18.9. The van der Waals surface area contributed by atoms with Gasteiger partial charge >= 0.3 is 0 Å². The summed E-state index contributed by atoms with van der Waals surface area (Å²) in [6.07, 6.45) is 7.22. The van der Waals surface area contributed by atoms with Gasteiger partial charge < -0.3 is 10.1 Å². The number of amides is 1. The van der Waals surface area contributed by atoms with Crippen LogP contribution in [0.5, 0.6) is 5.75 Å². The number of hydrogen-bond acceptors (Lipinski definition) is 5. The number of nitrogens with zero attached hydrogens (tertiary/aromatic N) is 3. The number of anilines is 1. The van der Waals surface area contributed by atoms with E-state index in [1.807, 2.05) is 61.5 Å². The molecule has 0 aliphatic heterocycles. The van der Waals surface area contributed by atoms with E-state index in [9.17, 15) is 9.59 Å². The third-order valence-corrected chi connectivity index (χ3v) is 8.38. The quantitative estimate of drug-likeness (QED) is 0.166. The molecule has 0 bridgehead atoms. The largest absolute Gasteiger partial charge is 0.482 e. The zero-order valence-corrected chi connectivity index (χ0v) is 25.8. The molecule has 3 aromatic carbocycles. The van der Waals surface area contributed by atoms with Gasteiger partial charge in [-0.3, -0.25) is 9.59 Å². The van der Waals surface area contributed by atoms with Gasteiger partial charge in [-0.05, 0) is 107 Å². The minimum Gasteiger partial charge on any atom is -0.482 e. The topological polar surface area (TPSA) is 85.6 Å². The number of rotatable bonds is 7. The number of carbonyl (C=O) groups is 1. The highest BCUT2D eigenvalue weighted by molar-refractivity contribution is 14.1. The van der Waals surface area contributed by atoms with E-state index in [-0.39, 0.29) is 24.0 Å². The normalized spacial score (nSPS) is 14.1. The molecule has 1 aromatic heterocycles. The van der Waals surface area contributed by atoms with Crippen molar-refractivity contribution < 1.29 is 9.53 Å². The van der Waals surface area contributed by atoms with E-state index in [1.54, 1.807) is 12.3 Å². The Bertz CT molecular complexity index is 1570. The monoisotopic (exact) mass is 746 g/mol. The van der Waals surface area contributed by atoms with Gasteiger partial charge in [0.15, 0.2) is 6.61 Å². The first kappa shape index (κ1) is 27.8. The van der Waals surface area contributed by atoms with Gasteiger partial charge in [0.25, 0.3) is 11.5 Å². The van der Waals surface area contributed by atoms with E-state index in [0.29, 0.717) is 16.7 Å². The van der Waals surface area contributed by atoms with Crippen LogP contribution in [0.1, 0.15) is 55.0 Å². The van der Waals surface area contributed by atoms with Crippen LogP contribution in [-0.2, 0) is 4.79 Å². The van der Waals surface area contributed by atoms with Crippen LogP contribution in [-0.4, -0.2) is 28.4 Å². The van der Waals surface area contributed by atoms with Gasteiger partial charge in [-0.1, -0.05) is 49.1 Å². The smallest absolute Gasteiger partial charge is 0.282 e. The van der Waals surface area contributed by atoms with Crippen LogP contribution in [0.15, 0.2) is 70.6 Å². The van der Waals surface area contributed by atoms with E-state index >= 15 is 0 Å². The molecule has 1 amide bonds. The summed E-state index contributed by atoms with van der Waals surface area (Å²) in [6.45, 7) is 1.90. The number of aromatic nitrogens is 2. The average Bonchev–Trinajstić information content (AvgIpc) is 2.94. The molecule has 9 heteroatoms. The van der Waals surface area contributed by atoms with Crippen molar-refractivity contribution in [3.63, 3.8) is 0 Å². The van der Waals surface area contributed by atoms with Crippen LogP contribution >= 0.6 is 45.2 Å². The molecule has 1 aliphatic carbocycles. The Balaban J connectivity index is 1.37. The van der Waals surface area contributed by atoms with E-state index in [0.717, 1.165) is 55.5 Å². The molecular formula is C30H28I2N4O3. The van der Waals surface area contributed by atoms with Crippen LogP contribution < -0.4 is 15.6 Å². The number of hydrogen-bond donors (Lipinski definition) is 1. The summed E-state index contributed by atoms with van der Waals surface area (Å²) >= 11 is 4.39. The molecule has 39 heavy (non-hydrogen) atoms. The maximum Gasteiger partial charge on any atom is 0.282 e. The van der Waals surface area contributed by atoms with Crippen molar-refractivity contribution in [3.8, 4) is 5.75 Å². The molecule has 200 valence electrons. The van der Waals surface area contributed by atoms with Crippen molar-refractivity contribution in [1.82, 2.24) is 9.66 Å². The Hall–Kier alpha value is -2.80. The number of carbonyl (C=O) groups excluding carboxylic acids is 1. The lowest BCUT2D eigenvalue weighted by Crippen LogP contribution is -2.25. The fraction of sp³-hybridized carbons (Fsp3) is 0.267. The number of para-hydroxylation sites is 1. The van der Waals surface area contributed by atoms with Gasteiger partial charge in [-0.2, -0.15) is 9.78 Å². The van der Waals surface area contributed by atoms with Crippen molar-refractivity contribution >= 4 is 73.9 Å². The summed E-state index contributed by atoms with van der Waals surface area (Å²) in [5, 5.41) is 8.06. The zero-order valence-electron chi connectivity index (χ0n) is 21.5. The average molecular weight is 746 g/mol. The molecule has 4 aromatic rings. The second kappa shape index (κ2) is 12.6. The predicted octanol–water partition coefficient (Wildman–Crippen LogP) is 6.86. The fourth-order valence-corrected chi connectivity index (χ4v) is 6.89. The number of ether oxygens (including phenoxy) is 1. The summed E-state index contributed by atoms with van der Waals surface area (Å²) in [5.41, 5.74) is 3.25. The van der Waals surface area contributed by atoms with Crippen LogP contribution in [0.3, 0.4) is 0 Å². The second-order valence-electron chi connectivity index (χ2n) is 9.70. The number of fused-ring (bicyclic) bond motifs is 1. The van der Waals surface area contributed by atoms with Crippen molar-refractivity contribution in [2.24, 2.45) is 5.10 Å². The molecule has 1 heterocycles. The Morgan fingerprint density at radius 2 is 1.77 bits per heavy atom. The maximum absolute atomic E-state index is 13.4. The SMILES string of the molecule is Cc1ccc(NC(=O)COc2c(I)cc(C=Nn3c(C4CCCCC4)nc4ccccc4c3=O)cc2I)cc1. The number of halogens is 2. The van der Waals surface area contributed by atoms with Gasteiger partial charge in [0.05, 0.1) is 24.3 Å². The molecule has 7 nitrogen and oxygen atoms in total. The Kier molecular flexibility index (Phi) is 8.96. The van der Waals surface area contributed by atoms with Crippen LogP contribution in [0.2, 0.25) is 0 Å². The first-order chi connectivity index (χ1) is 18.9. The highest BCUT2D eigenvalue weighted by atomic mass is 127. The minimum absolute atomic E-state index is 0.101. The van der Waals surface area contributed by atoms with Crippen molar-refractivity contribution in [2.75, 3.05) is 11.9 Å². The van der Waals surface area contributed by atoms with Crippen molar-refractivity contribution in [2.45, 2.75) is 44.9 Å². The van der Waals surface area contributed by atoms with Gasteiger partial charge in [0.2, 0.25) is 0 Å². The van der Waals surface area contributed by atoms with Gasteiger partial charge in [-0.15, -0.1) is 0 Å². The van der Waals surface area contributed by atoms with Gasteiger partial charge in [-0.25, -0.2) is 4.98 Å². The van der Waals surface area contributed by atoms with Crippen molar-refractivity contribution in [1.29, 1.82) is 0 Å². The predicted molar refractivity (Wildman–Crippen MR) is 172 cm³/mol. The number of nitrogens with one attached hydrogen (secondary N) is 1. The molecule has 1 N–H and O–H groups in total. The molecule has 0 spiro atoms.